The number of rotatable bonds is 13. The maximum absolute atomic E-state index is 12.3. The highest BCUT2D eigenvalue weighted by Gasteiger charge is 2.26. The van der Waals surface area contributed by atoms with Gasteiger partial charge in [0.25, 0.3) is 10.1 Å². The summed E-state index contributed by atoms with van der Waals surface area (Å²) in [4.78, 5) is 23.8. The number of nitrogens with one attached hydrogen (secondary N) is 1. The molecule has 45 heavy (non-hydrogen) atoms. The predicted molar refractivity (Wildman–Crippen MR) is 166 cm³/mol. The Bertz CT molecular complexity index is 1610. The van der Waals surface area contributed by atoms with Crippen molar-refractivity contribution in [3.63, 3.8) is 0 Å². The molecule has 3 N–H and O–H groups in total. The summed E-state index contributed by atoms with van der Waals surface area (Å²) in [6.07, 6.45) is -1.01. The first-order chi connectivity index (χ1) is 21.2. The van der Waals surface area contributed by atoms with Crippen molar-refractivity contribution in [2.75, 3.05) is 26.3 Å². The van der Waals surface area contributed by atoms with Crippen LogP contribution in [-0.2, 0) is 45.2 Å². The van der Waals surface area contributed by atoms with E-state index in [0.717, 1.165) is 24.2 Å². The molecule has 0 unspecified atom stereocenters. The Labute approximate surface area is 263 Å². The molecule has 14 heteroatoms. The van der Waals surface area contributed by atoms with E-state index in [9.17, 15) is 26.4 Å². The molecule has 0 amide bonds. The molecule has 0 spiro atoms. The summed E-state index contributed by atoms with van der Waals surface area (Å²) in [7, 11) is -7.74. The highest BCUT2D eigenvalue weighted by molar-refractivity contribution is 7.89. The van der Waals surface area contributed by atoms with E-state index in [2.05, 4.69) is 17.0 Å². The monoisotopic (exact) mass is 662 g/mol. The van der Waals surface area contributed by atoms with E-state index in [1.807, 2.05) is 29.8 Å². The molecule has 12 nitrogen and oxygen atoms in total. The highest BCUT2D eigenvalue weighted by Crippen LogP contribution is 2.16. The zero-order valence-corrected chi connectivity index (χ0v) is 26.7. The molecule has 1 aliphatic heterocycles. The second kappa shape index (κ2) is 16.6. The lowest BCUT2D eigenvalue weighted by molar-refractivity contribution is -0.140. The van der Waals surface area contributed by atoms with E-state index in [1.165, 1.54) is 17.7 Å². The SMILES string of the molecule is Cc1ccc(S(=O)(=O)N[C@H](CCC(=O)O)C(=O)O)cc1.Cc1ccc(S(=O)(=O)OC[C@H]2CN(Cc3ccccc3)CCO2)cc1. The van der Waals surface area contributed by atoms with Crippen LogP contribution in [0.4, 0.5) is 0 Å². The number of carbonyl (C=O) groups is 2. The smallest absolute Gasteiger partial charge is 0.321 e. The van der Waals surface area contributed by atoms with Crippen LogP contribution in [-0.4, -0.2) is 82.3 Å². The minimum atomic E-state index is -3.99. The lowest BCUT2D eigenvalue weighted by atomic mass is 10.2. The van der Waals surface area contributed by atoms with E-state index in [1.54, 1.807) is 43.3 Å². The maximum atomic E-state index is 12.3. The van der Waals surface area contributed by atoms with Crippen LogP contribution in [0.3, 0.4) is 0 Å². The standard InChI is InChI=1S/C19H23NO4S.C12H15NO6S/c1-16-7-9-19(10-8-16)25(21,22)24-15-18-14-20(11-12-23-18)13-17-5-3-2-4-6-17;1-8-2-4-9(5-3-8)20(18,19)13-10(12(16)17)6-7-11(14)15/h2-10,18H,11-15H2,1H3;2-5,10,13H,6-7H2,1H3,(H,14,15)(H,16,17)/t18-;10-/m11/s1. The van der Waals surface area contributed by atoms with Gasteiger partial charge < -0.3 is 14.9 Å². The van der Waals surface area contributed by atoms with E-state index in [0.29, 0.717) is 13.2 Å². The third kappa shape index (κ3) is 12.0. The Hall–Kier alpha value is -3.66. The number of aliphatic carboxylic acids is 2. The van der Waals surface area contributed by atoms with Crippen molar-refractivity contribution in [2.24, 2.45) is 0 Å². The molecule has 0 bridgehead atoms. The topological polar surface area (TPSA) is 177 Å². The van der Waals surface area contributed by atoms with Gasteiger partial charge in [-0.05, 0) is 50.1 Å². The number of carboxylic acid groups (broad SMARTS) is 2. The third-order valence-electron chi connectivity index (χ3n) is 6.76. The van der Waals surface area contributed by atoms with E-state index < -0.39 is 44.5 Å². The predicted octanol–water partition coefficient (Wildman–Crippen LogP) is 3.19. The van der Waals surface area contributed by atoms with Crippen LogP contribution >= 0.6 is 0 Å². The lowest BCUT2D eigenvalue weighted by Crippen LogP contribution is -2.44. The van der Waals surface area contributed by atoms with Gasteiger partial charge in [0.1, 0.15) is 6.04 Å². The number of hydrogen-bond donors (Lipinski definition) is 3. The first-order valence-corrected chi connectivity index (χ1v) is 17.0. The van der Waals surface area contributed by atoms with Crippen LogP contribution < -0.4 is 4.72 Å². The number of ether oxygens (including phenoxy) is 1. The van der Waals surface area contributed by atoms with Gasteiger partial charge in [0.15, 0.2) is 0 Å². The number of hydrogen-bond acceptors (Lipinski definition) is 9. The fraction of sp³-hybridized carbons (Fsp3) is 0.355. The van der Waals surface area contributed by atoms with E-state index in [-0.39, 0.29) is 28.9 Å². The average Bonchev–Trinajstić information content (AvgIpc) is 2.99. The summed E-state index contributed by atoms with van der Waals surface area (Å²) in [5.41, 5.74) is 3.10. The molecule has 1 aliphatic rings. The van der Waals surface area contributed by atoms with Gasteiger partial charge in [0.05, 0.1) is 29.1 Å². The number of aryl methyl sites for hydroxylation is 2. The van der Waals surface area contributed by atoms with Crippen molar-refractivity contribution in [1.29, 1.82) is 0 Å². The fourth-order valence-corrected chi connectivity index (χ4v) is 6.44. The molecule has 1 heterocycles. The first kappa shape index (κ1) is 35.8. The molecule has 4 rings (SSSR count). The van der Waals surface area contributed by atoms with Crippen LogP contribution in [0.5, 0.6) is 0 Å². The molecule has 0 radical (unpaired) electrons. The zero-order valence-electron chi connectivity index (χ0n) is 25.0. The zero-order chi connectivity index (χ0) is 33.0. The quantitative estimate of drug-likeness (QED) is 0.229. The molecular formula is C31H38N2O10S2. The van der Waals surface area contributed by atoms with Crippen LogP contribution in [0.25, 0.3) is 0 Å². The molecular weight excluding hydrogens is 624 g/mol. The number of morpholine rings is 1. The Morgan fingerprint density at radius 1 is 0.911 bits per heavy atom. The Balaban J connectivity index is 0.000000253. The maximum Gasteiger partial charge on any atom is 0.321 e. The van der Waals surface area contributed by atoms with Crippen molar-refractivity contribution < 1.29 is 45.6 Å². The van der Waals surface area contributed by atoms with Crippen LogP contribution in [0.1, 0.15) is 29.5 Å². The van der Waals surface area contributed by atoms with Crippen LogP contribution in [0, 0.1) is 13.8 Å². The van der Waals surface area contributed by atoms with Gasteiger partial charge in [-0.1, -0.05) is 65.7 Å². The summed E-state index contributed by atoms with van der Waals surface area (Å²) in [5, 5.41) is 17.4. The molecule has 244 valence electrons. The van der Waals surface area contributed by atoms with Crippen molar-refractivity contribution >= 4 is 32.1 Å². The number of sulfonamides is 1. The van der Waals surface area contributed by atoms with E-state index in [4.69, 9.17) is 19.1 Å². The van der Waals surface area contributed by atoms with Gasteiger partial charge in [-0.15, -0.1) is 0 Å². The Kier molecular flexibility index (Phi) is 13.2. The molecule has 0 aromatic heterocycles. The van der Waals surface area contributed by atoms with Gasteiger partial charge in [0.2, 0.25) is 10.0 Å². The molecule has 1 fully saturated rings. The van der Waals surface area contributed by atoms with Gasteiger partial charge in [-0.25, -0.2) is 8.42 Å². The van der Waals surface area contributed by atoms with Gasteiger partial charge in [0, 0.05) is 26.1 Å². The second-order valence-corrected chi connectivity index (χ2v) is 13.9. The number of carboxylic acids is 2. The van der Waals surface area contributed by atoms with Crippen LogP contribution in [0.2, 0.25) is 0 Å². The number of benzene rings is 3. The molecule has 3 aromatic carbocycles. The van der Waals surface area contributed by atoms with Gasteiger partial charge >= 0.3 is 11.9 Å². The minimum Gasteiger partial charge on any atom is -0.481 e. The van der Waals surface area contributed by atoms with Gasteiger partial charge in [-0.3, -0.25) is 18.7 Å². The van der Waals surface area contributed by atoms with Crippen LogP contribution in [0.15, 0.2) is 88.7 Å². The summed E-state index contributed by atoms with van der Waals surface area (Å²) >= 11 is 0. The second-order valence-electron chi connectivity index (χ2n) is 10.5. The minimum absolute atomic E-state index is 0.0293. The first-order valence-electron chi connectivity index (χ1n) is 14.1. The largest absolute Gasteiger partial charge is 0.481 e. The lowest BCUT2D eigenvalue weighted by Gasteiger charge is -2.32. The van der Waals surface area contributed by atoms with Crippen molar-refractivity contribution in [3.05, 3.63) is 95.6 Å². The normalized spacial score (nSPS) is 16.3. The van der Waals surface area contributed by atoms with Gasteiger partial charge in [-0.2, -0.15) is 13.1 Å². The fourth-order valence-electron chi connectivity index (χ4n) is 4.28. The van der Waals surface area contributed by atoms with E-state index >= 15 is 0 Å². The summed E-state index contributed by atoms with van der Waals surface area (Å²) in [5.74, 6) is -2.60. The van der Waals surface area contributed by atoms with Crippen molar-refractivity contribution in [1.82, 2.24) is 9.62 Å². The molecule has 1 saturated heterocycles. The van der Waals surface area contributed by atoms with Crippen molar-refractivity contribution in [3.8, 4) is 0 Å². The Morgan fingerprint density at radius 2 is 1.49 bits per heavy atom. The number of nitrogens with zero attached hydrogens (tertiary/aromatic N) is 1. The Morgan fingerprint density at radius 3 is 2.04 bits per heavy atom. The molecule has 0 saturated carbocycles. The summed E-state index contributed by atoms with van der Waals surface area (Å²) in [6.45, 7) is 6.61. The van der Waals surface area contributed by atoms with Crippen molar-refractivity contribution in [2.45, 2.75) is 55.2 Å². The highest BCUT2D eigenvalue weighted by atomic mass is 32.2. The summed E-state index contributed by atoms with van der Waals surface area (Å²) < 4.78 is 61.4. The average molecular weight is 663 g/mol. The third-order valence-corrected chi connectivity index (χ3v) is 9.55. The molecule has 0 aliphatic carbocycles. The molecule has 2 atom stereocenters. The molecule has 3 aromatic rings. The summed E-state index contributed by atoms with van der Waals surface area (Å²) in [6, 6.07) is 21.3.